The van der Waals surface area contributed by atoms with E-state index in [1.807, 2.05) is 6.08 Å². The zero-order valence-electron chi connectivity index (χ0n) is 11.8. The molecule has 0 bridgehead atoms. The van der Waals surface area contributed by atoms with Crippen LogP contribution in [0, 0.1) is 10.1 Å². The SMILES string of the molecule is CC(=O)Nc1ccc(C=CCCSC(C)=O)cc1[N+](=O)[O-]. The summed E-state index contributed by atoms with van der Waals surface area (Å²) in [6.07, 6.45) is 4.31. The highest BCUT2D eigenvalue weighted by molar-refractivity contribution is 8.13. The van der Waals surface area contributed by atoms with Crippen LogP contribution in [-0.4, -0.2) is 21.7 Å². The molecule has 1 aromatic rings. The molecule has 0 radical (unpaired) electrons. The van der Waals surface area contributed by atoms with Gasteiger partial charge in [0, 0.05) is 25.7 Å². The van der Waals surface area contributed by atoms with E-state index in [0.29, 0.717) is 17.7 Å². The van der Waals surface area contributed by atoms with Crippen molar-refractivity contribution >= 4 is 40.2 Å². The number of nitro groups is 1. The van der Waals surface area contributed by atoms with Crippen LogP contribution in [0.4, 0.5) is 11.4 Å². The van der Waals surface area contributed by atoms with Crippen molar-refractivity contribution in [2.24, 2.45) is 0 Å². The molecule has 0 saturated heterocycles. The summed E-state index contributed by atoms with van der Waals surface area (Å²) in [5, 5.41) is 13.5. The summed E-state index contributed by atoms with van der Waals surface area (Å²) in [6.45, 7) is 2.81. The highest BCUT2D eigenvalue weighted by Crippen LogP contribution is 2.26. The van der Waals surface area contributed by atoms with Gasteiger partial charge in [-0.1, -0.05) is 30.0 Å². The van der Waals surface area contributed by atoms with Crippen molar-refractivity contribution < 1.29 is 14.5 Å². The van der Waals surface area contributed by atoms with E-state index in [2.05, 4.69) is 5.32 Å². The minimum Gasteiger partial charge on any atom is -0.321 e. The number of carbonyl (C=O) groups excluding carboxylic acids is 2. The lowest BCUT2D eigenvalue weighted by atomic mass is 10.1. The summed E-state index contributed by atoms with van der Waals surface area (Å²) in [7, 11) is 0. The Labute approximate surface area is 126 Å². The number of rotatable bonds is 6. The van der Waals surface area contributed by atoms with E-state index in [0.717, 1.165) is 0 Å². The van der Waals surface area contributed by atoms with Crippen LogP contribution in [0.25, 0.3) is 6.08 Å². The molecule has 112 valence electrons. The van der Waals surface area contributed by atoms with Gasteiger partial charge in [0.25, 0.3) is 5.69 Å². The summed E-state index contributed by atoms with van der Waals surface area (Å²) < 4.78 is 0. The number of hydrogen-bond donors (Lipinski definition) is 1. The average Bonchev–Trinajstić information content (AvgIpc) is 2.38. The molecule has 0 aliphatic heterocycles. The lowest BCUT2D eigenvalue weighted by Gasteiger charge is -2.04. The zero-order chi connectivity index (χ0) is 15.8. The van der Waals surface area contributed by atoms with E-state index in [1.165, 1.54) is 37.7 Å². The lowest BCUT2D eigenvalue weighted by Crippen LogP contribution is -2.08. The van der Waals surface area contributed by atoms with Crippen molar-refractivity contribution in [2.75, 3.05) is 11.1 Å². The molecule has 6 nitrogen and oxygen atoms in total. The highest BCUT2D eigenvalue weighted by atomic mass is 32.2. The number of nitrogens with one attached hydrogen (secondary N) is 1. The van der Waals surface area contributed by atoms with E-state index in [1.54, 1.807) is 12.1 Å². The minimum atomic E-state index is -0.534. The predicted octanol–water partition coefficient (Wildman–Crippen LogP) is 3.24. The Morgan fingerprint density at radius 2 is 2.10 bits per heavy atom. The molecule has 0 aromatic heterocycles. The Morgan fingerprint density at radius 1 is 1.38 bits per heavy atom. The second-order valence-corrected chi connectivity index (χ2v) is 5.52. The standard InChI is InChI=1S/C14H16N2O4S/c1-10(17)15-13-7-6-12(9-14(13)16(19)20)5-3-4-8-21-11(2)18/h3,5-7,9H,4,8H2,1-2H3,(H,15,17). The van der Waals surface area contributed by atoms with Crippen molar-refractivity contribution in [2.45, 2.75) is 20.3 Å². The predicted molar refractivity (Wildman–Crippen MR) is 84.2 cm³/mol. The van der Waals surface area contributed by atoms with E-state index in [4.69, 9.17) is 0 Å². The van der Waals surface area contributed by atoms with E-state index < -0.39 is 4.92 Å². The van der Waals surface area contributed by atoms with Gasteiger partial charge in [-0.15, -0.1) is 0 Å². The molecule has 0 aliphatic rings. The van der Waals surface area contributed by atoms with Crippen LogP contribution in [0.2, 0.25) is 0 Å². The molecule has 1 amide bonds. The maximum Gasteiger partial charge on any atom is 0.293 e. The first-order valence-electron chi connectivity index (χ1n) is 6.26. The van der Waals surface area contributed by atoms with Gasteiger partial charge in [0.15, 0.2) is 5.12 Å². The summed E-state index contributed by atoms with van der Waals surface area (Å²) in [5.41, 5.74) is 0.700. The second kappa shape index (κ2) is 8.21. The summed E-state index contributed by atoms with van der Waals surface area (Å²) in [6, 6.07) is 4.59. The van der Waals surface area contributed by atoms with Gasteiger partial charge in [-0.05, 0) is 18.1 Å². The van der Waals surface area contributed by atoms with Crippen molar-refractivity contribution in [1.29, 1.82) is 0 Å². The van der Waals surface area contributed by atoms with Gasteiger partial charge in [0.2, 0.25) is 5.91 Å². The van der Waals surface area contributed by atoms with Gasteiger partial charge < -0.3 is 5.32 Å². The average molecular weight is 308 g/mol. The van der Waals surface area contributed by atoms with Crippen LogP contribution in [-0.2, 0) is 9.59 Å². The number of carbonyl (C=O) groups is 2. The van der Waals surface area contributed by atoms with Crippen LogP contribution in [0.15, 0.2) is 24.3 Å². The molecule has 7 heteroatoms. The molecule has 1 aromatic carbocycles. The molecule has 0 saturated carbocycles. The fraction of sp³-hybridized carbons (Fsp3) is 0.286. The summed E-state index contributed by atoms with van der Waals surface area (Å²) >= 11 is 1.24. The molecule has 1 N–H and O–H groups in total. The quantitative estimate of drug-likeness (QED) is 0.495. The molecule has 0 spiro atoms. The smallest absolute Gasteiger partial charge is 0.293 e. The Bertz CT molecular complexity index is 584. The number of amides is 1. The first-order chi connectivity index (χ1) is 9.90. The van der Waals surface area contributed by atoms with Crippen LogP contribution in [0.3, 0.4) is 0 Å². The Balaban J connectivity index is 2.78. The maximum atomic E-state index is 11.0. The van der Waals surface area contributed by atoms with Crippen molar-refractivity contribution in [3.05, 3.63) is 40.0 Å². The van der Waals surface area contributed by atoms with Crippen molar-refractivity contribution in [3.63, 3.8) is 0 Å². The Hall–Kier alpha value is -2.15. The fourth-order valence-electron chi connectivity index (χ4n) is 1.59. The molecule has 0 heterocycles. The summed E-state index contributed by atoms with van der Waals surface area (Å²) in [5.74, 6) is 0.320. The van der Waals surface area contributed by atoms with Gasteiger partial charge >= 0.3 is 0 Å². The molecule has 21 heavy (non-hydrogen) atoms. The fourth-order valence-corrected chi connectivity index (χ4v) is 2.13. The van der Waals surface area contributed by atoms with Crippen LogP contribution >= 0.6 is 11.8 Å². The topological polar surface area (TPSA) is 89.3 Å². The Morgan fingerprint density at radius 3 is 2.67 bits per heavy atom. The second-order valence-electron chi connectivity index (χ2n) is 4.25. The number of thioether (sulfide) groups is 1. The molecular formula is C14H16N2O4S. The van der Waals surface area contributed by atoms with Gasteiger partial charge in [0.1, 0.15) is 5.69 Å². The summed E-state index contributed by atoms with van der Waals surface area (Å²) in [4.78, 5) is 32.2. The highest BCUT2D eigenvalue weighted by Gasteiger charge is 2.14. The Kier molecular flexibility index (Phi) is 6.61. The lowest BCUT2D eigenvalue weighted by molar-refractivity contribution is -0.383. The van der Waals surface area contributed by atoms with Gasteiger partial charge in [-0.3, -0.25) is 19.7 Å². The normalized spacial score (nSPS) is 10.6. The third-order valence-corrected chi connectivity index (χ3v) is 3.28. The molecular weight excluding hydrogens is 292 g/mol. The van der Waals surface area contributed by atoms with E-state index in [9.17, 15) is 19.7 Å². The third-order valence-electron chi connectivity index (χ3n) is 2.43. The molecule has 0 atom stereocenters. The molecule has 1 rings (SSSR count). The third kappa shape index (κ3) is 6.22. The number of allylic oxidation sites excluding steroid dienone is 1. The van der Waals surface area contributed by atoms with Gasteiger partial charge in [-0.2, -0.15) is 0 Å². The van der Waals surface area contributed by atoms with Crippen LogP contribution in [0.5, 0.6) is 0 Å². The number of hydrogen-bond acceptors (Lipinski definition) is 5. The number of nitrogens with zero attached hydrogens (tertiary/aromatic N) is 1. The largest absolute Gasteiger partial charge is 0.321 e. The number of anilines is 1. The zero-order valence-corrected chi connectivity index (χ0v) is 12.6. The molecule has 0 aliphatic carbocycles. The maximum absolute atomic E-state index is 11.0. The number of nitro benzene ring substituents is 1. The number of benzene rings is 1. The van der Waals surface area contributed by atoms with Crippen molar-refractivity contribution in [3.8, 4) is 0 Å². The molecule has 0 unspecified atom stereocenters. The van der Waals surface area contributed by atoms with E-state index in [-0.39, 0.29) is 22.4 Å². The monoisotopic (exact) mass is 308 g/mol. The van der Waals surface area contributed by atoms with Gasteiger partial charge in [-0.25, -0.2) is 0 Å². The van der Waals surface area contributed by atoms with Crippen LogP contribution < -0.4 is 5.32 Å². The van der Waals surface area contributed by atoms with Crippen LogP contribution in [0.1, 0.15) is 25.8 Å². The van der Waals surface area contributed by atoms with Crippen molar-refractivity contribution in [1.82, 2.24) is 0 Å². The minimum absolute atomic E-state index is 0.0682. The van der Waals surface area contributed by atoms with E-state index >= 15 is 0 Å². The first kappa shape index (κ1) is 16.9. The van der Waals surface area contributed by atoms with Gasteiger partial charge in [0.05, 0.1) is 4.92 Å². The first-order valence-corrected chi connectivity index (χ1v) is 7.24. The molecule has 0 fully saturated rings.